The van der Waals surface area contributed by atoms with E-state index in [9.17, 15) is 9.18 Å². The summed E-state index contributed by atoms with van der Waals surface area (Å²) in [5.41, 5.74) is 0. The van der Waals surface area contributed by atoms with E-state index in [1.807, 2.05) is 6.92 Å². The van der Waals surface area contributed by atoms with Crippen LogP contribution in [0, 0.1) is 5.82 Å². The fourth-order valence-corrected chi connectivity index (χ4v) is 1.27. The molecule has 1 aromatic carbocycles. The summed E-state index contributed by atoms with van der Waals surface area (Å²) < 4.78 is 18.6. The molecule has 0 heterocycles. The van der Waals surface area contributed by atoms with Crippen molar-refractivity contribution in [1.82, 2.24) is 0 Å². The minimum atomic E-state index is -0.538. The van der Waals surface area contributed by atoms with Crippen LogP contribution < -0.4 is 4.74 Å². The molecule has 0 saturated heterocycles. The van der Waals surface area contributed by atoms with Crippen molar-refractivity contribution in [1.29, 1.82) is 0 Å². The van der Waals surface area contributed by atoms with E-state index in [1.54, 1.807) is 6.07 Å². The minimum absolute atomic E-state index is 0.0216. The summed E-state index contributed by atoms with van der Waals surface area (Å²) in [5, 5.41) is 0. The summed E-state index contributed by atoms with van der Waals surface area (Å²) in [5.74, 6) is -0.968. The monoisotopic (exact) mass is 260 g/mol. The Morgan fingerprint density at radius 2 is 2.29 bits per heavy atom. The van der Waals surface area contributed by atoms with E-state index in [2.05, 4.69) is 15.9 Å². The van der Waals surface area contributed by atoms with E-state index in [1.165, 1.54) is 12.1 Å². The first-order chi connectivity index (χ1) is 6.63. The van der Waals surface area contributed by atoms with Gasteiger partial charge in [-0.25, -0.2) is 4.39 Å². The topological polar surface area (TPSA) is 26.3 Å². The van der Waals surface area contributed by atoms with Crippen LogP contribution in [0.2, 0.25) is 0 Å². The molecule has 0 fully saturated rings. The van der Waals surface area contributed by atoms with Gasteiger partial charge in [-0.2, -0.15) is 0 Å². The number of ether oxygens (including phenoxy) is 1. The van der Waals surface area contributed by atoms with Crippen molar-refractivity contribution in [2.45, 2.75) is 19.8 Å². The van der Waals surface area contributed by atoms with Crippen molar-refractivity contribution in [3.05, 3.63) is 28.5 Å². The van der Waals surface area contributed by atoms with Crippen LogP contribution in [0.3, 0.4) is 0 Å². The van der Waals surface area contributed by atoms with Gasteiger partial charge in [-0.1, -0.05) is 22.9 Å². The Bertz CT molecular complexity index is 339. The van der Waals surface area contributed by atoms with Crippen molar-refractivity contribution < 1.29 is 13.9 Å². The predicted molar refractivity (Wildman–Crippen MR) is 54.6 cm³/mol. The van der Waals surface area contributed by atoms with E-state index in [4.69, 9.17) is 4.74 Å². The molecule has 1 aromatic rings. The predicted octanol–water partition coefficient (Wildman–Crippen LogP) is 3.29. The van der Waals surface area contributed by atoms with Crippen molar-refractivity contribution >= 4 is 21.9 Å². The van der Waals surface area contributed by atoms with E-state index in [0.717, 1.165) is 0 Å². The highest BCUT2D eigenvalue weighted by atomic mass is 79.9. The largest absolute Gasteiger partial charge is 0.423 e. The summed E-state index contributed by atoms with van der Waals surface area (Å²) in [7, 11) is 0. The van der Waals surface area contributed by atoms with Crippen LogP contribution in [0.15, 0.2) is 22.7 Å². The maximum Gasteiger partial charge on any atom is 0.311 e. The van der Waals surface area contributed by atoms with E-state index in [-0.39, 0.29) is 5.75 Å². The van der Waals surface area contributed by atoms with E-state index < -0.39 is 11.8 Å². The highest BCUT2D eigenvalue weighted by Gasteiger charge is 2.08. The fourth-order valence-electron chi connectivity index (χ4n) is 0.936. The molecule has 0 aromatic heterocycles. The molecule has 0 atom stereocenters. The molecule has 0 N–H and O–H groups in total. The van der Waals surface area contributed by atoms with Crippen LogP contribution >= 0.6 is 15.9 Å². The van der Waals surface area contributed by atoms with Crippen LogP contribution in [0.25, 0.3) is 0 Å². The molecular formula is C10H10BrFO2. The molecule has 76 valence electrons. The van der Waals surface area contributed by atoms with Gasteiger partial charge < -0.3 is 4.74 Å². The molecule has 0 bridgehead atoms. The first-order valence-corrected chi connectivity index (χ1v) is 5.08. The van der Waals surface area contributed by atoms with Crippen molar-refractivity contribution in [2.75, 3.05) is 0 Å². The molecule has 0 spiro atoms. The van der Waals surface area contributed by atoms with Gasteiger partial charge in [0.2, 0.25) is 0 Å². The summed E-state index contributed by atoms with van der Waals surface area (Å²) in [6, 6.07) is 4.30. The molecule has 14 heavy (non-hydrogen) atoms. The number of rotatable bonds is 3. The van der Waals surface area contributed by atoms with Crippen LogP contribution in [0.1, 0.15) is 19.8 Å². The molecule has 0 aliphatic carbocycles. The number of carbonyl (C=O) groups excluding carboxylic acids is 1. The third kappa shape index (κ3) is 3.10. The molecule has 4 heteroatoms. The molecule has 2 nitrogen and oxygen atoms in total. The Labute approximate surface area is 90.2 Å². The molecule has 0 radical (unpaired) electrons. The zero-order chi connectivity index (χ0) is 10.6. The normalized spacial score (nSPS) is 9.93. The van der Waals surface area contributed by atoms with Gasteiger partial charge in [0, 0.05) is 10.9 Å². The van der Waals surface area contributed by atoms with Gasteiger partial charge in [0.25, 0.3) is 0 Å². The van der Waals surface area contributed by atoms with Gasteiger partial charge >= 0.3 is 5.97 Å². The number of carbonyl (C=O) groups is 1. The molecule has 0 aliphatic heterocycles. The Morgan fingerprint density at radius 3 is 2.86 bits per heavy atom. The van der Waals surface area contributed by atoms with Crippen LogP contribution in [0.4, 0.5) is 4.39 Å². The zero-order valence-corrected chi connectivity index (χ0v) is 9.30. The molecule has 0 amide bonds. The van der Waals surface area contributed by atoms with Crippen molar-refractivity contribution in [2.24, 2.45) is 0 Å². The summed E-state index contributed by atoms with van der Waals surface area (Å²) in [4.78, 5) is 11.0. The lowest BCUT2D eigenvalue weighted by molar-refractivity contribution is -0.134. The summed E-state index contributed by atoms with van der Waals surface area (Å²) in [6.45, 7) is 1.86. The van der Waals surface area contributed by atoms with Gasteiger partial charge in [0.1, 0.15) is 0 Å². The standard InChI is InChI=1S/C10H10BrFO2/c1-2-3-10(13)14-9-5-4-7(11)6-8(9)12/h4-6H,2-3H2,1H3. The lowest BCUT2D eigenvalue weighted by Crippen LogP contribution is -2.07. The lowest BCUT2D eigenvalue weighted by atomic mass is 10.3. The number of halogens is 2. The summed E-state index contributed by atoms with van der Waals surface area (Å²) in [6.07, 6.45) is 0.993. The van der Waals surface area contributed by atoms with Gasteiger partial charge in [0.05, 0.1) is 0 Å². The van der Waals surface area contributed by atoms with Crippen molar-refractivity contribution in [3.8, 4) is 5.75 Å². The average Bonchev–Trinajstić information content (AvgIpc) is 2.10. The highest BCUT2D eigenvalue weighted by Crippen LogP contribution is 2.21. The Kier molecular flexibility index (Phi) is 4.07. The third-order valence-corrected chi connectivity index (χ3v) is 2.07. The van der Waals surface area contributed by atoms with E-state index in [0.29, 0.717) is 17.3 Å². The van der Waals surface area contributed by atoms with E-state index >= 15 is 0 Å². The number of hydrogen-bond acceptors (Lipinski definition) is 2. The number of hydrogen-bond donors (Lipinski definition) is 0. The SMILES string of the molecule is CCCC(=O)Oc1ccc(Br)cc1F. The lowest BCUT2D eigenvalue weighted by Gasteiger charge is -2.04. The first-order valence-electron chi connectivity index (χ1n) is 4.29. The highest BCUT2D eigenvalue weighted by molar-refractivity contribution is 9.10. The maximum atomic E-state index is 13.1. The quantitative estimate of drug-likeness (QED) is 0.616. The second kappa shape index (κ2) is 5.10. The smallest absolute Gasteiger partial charge is 0.311 e. The third-order valence-electron chi connectivity index (χ3n) is 1.57. The van der Waals surface area contributed by atoms with Crippen molar-refractivity contribution in [3.63, 3.8) is 0 Å². The number of benzene rings is 1. The first kappa shape index (κ1) is 11.2. The maximum absolute atomic E-state index is 13.1. The molecule has 0 saturated carbocycles. The molecular weight excluding hydrogens is 251 g/mol. The van der Waals surface area contributed by atoms with Crippen LogP contribution in [-0.4, -0.2) is 5.97 Å². The minimum Gasteiger partial charge on any atom is -0.423 e. The van der Waals surface area contributed by atoms with Gasteiger partial charge in [0.15, 0.2) is 11.6 Å². The Balaban J connectivity index is 2.72. The summed E-state index contributed by atoms with van der Waals surface area (Å²) >= 11 is 3.11. The molecule has 1 rings (SSSR count). The zero-order valence-electron chi connectivity index (χ0n) is 7.72. The fraction of sp³-hybridized carbons (Fsp3) is 0.300. The molecule has 0 aliphatic rings. The second-order valence-electron chi connectivity index (χ2n) is 2.80. The van der Waals surface area contributed by atoms with Gasteiger partial charge in [-0.3, -0.25) is 4.79 Å². The van der Waals surface area contributed by atoms with Gasteiger partial charge in [-0.15, -0.1) is 0 Å². The van der Waals surface area contributed by atoms with Crippen LogP contribution in [0.5, 0.6) is 5.75 Å². The average molecular weight is 261 g/mol. The molecule has 0 unspecified atom stereocenters. The van der Waals surface area contributed by atoms with Crippen LogP contribution in [-0.2, 0) is 4.79 Å². The second-order valence-corrected chi connectivity index (χ2v) is 3.71. The Hall–Kier alpha value is -0.900. The van der Waals surface area contributed by atoms with Gasteiger partial charge in [-0.05, 0) is 24.6 Å². The Morgan fingerprint density at radius 1 is 1.57 bits per heavy atom. The number of esters is 1.